The lowest BCUT2D eigenvalue weighted by molar-refractivity contribution is 0.412. The molecule has 0 bridgehead atoms. The maximum Gasteiger partial charge on any atom is 0.125 e. The van der Waals surface area contributed by atoms with Crippen LogP contribution < -0.4 is 4.74 Å². The fourth-order valence-electron chi connectivity index (χ4n) is 1.51. The number of methoxy groups -OCH3 is 1. The fourth-order valence-corrected chi connectivity index (χ4v) is 2.56. The molecule has 16 heavy (non-hydrogen) atoms. The lowest BCUT2D eigenvalue weighted by Crippen LogP contribution is -1.87. The summed E-state index contributed by atoms with van der Waals surface area (Å²) >= 11 is 7.51. The average molecular weight is 254 g/mol. The Morgan fingerprint density at radius 2 is 2.06 bits per heavy atom. The quantitative estimate of drug-likeness (QED) is 0.804. The molecule has 0 aliphatic heterocycles. The van der Waals surface area contributed by atoms with Crippen LogP contribution in [-0.4, -0.2) is 12.1 Å². The van der Waals surface area contributed by atoms with Crippen LogP contribution in [0.5, 0.6) is 5.75 Å². The van der Waals surface area contributed by atoms with Crippen LogP contribution in [0, 0.1) is 13.8 Å². The Balaban J connectivity index is 2.45. The van der Waals surface area contributed by atoms with Crippen molar-refractivity contribution in [3.05, 3.63) is 33.8 Å². The van der Waals surface area contributed by atoms with Gasteiger partial charge in [0, 0.05) is 5.56 Å². The number of thiazole rings is 1. The molecule has 0 radical (unpaired) electrons. The van der Waals surface area contributed by atoms with Gasteiger partial charge in [0.05, 0.1) is 12.8 Å². The minimum Gasteiger partial charge on any atom is -0.496 e. The first-order valence-electron chi connectivity index (χ1n) is 4.89. The van der Waals surface area contributed by atoms with Crippen LogP contribution in [0.15, 0.2) is 18.2 Å². The second-order valence-electron chi connectivity index (χ2n) is 3.56. The minimum absolute atomic E-state index is 0.753. The van der Waals surface area contributed by atoms with Crippen LogP contribution in [0.2, 0.25) is 4.34 Å². The highest BCUT2D eigenvalue weighted by atomic mass is 35.5. The molecule has 4 heteroatoms. The number of hydrogen-bond acceptors (Lipinski definition) is 3. The topological polar surface area (TPSA) is 22.1 Å². The van der Waals surface area contributed by atoms with Crippen LogP contribution in [0.1, 0.15) is 11.3 Å². The van der Waals surface area contributed by atoms with Crippen LogP contribution >= 0.6 is 22.9 Å². The maximum absolute atomic E-state index is 6.01. The summed E-state index contributed by atoms with van der Waals surface area (Å²) < 4.78 is 5.97. The van der Waals surface area contributed by atoms with Crippen molar-refractivity contribution >= 4 is 22.9 Å². The van der Waals surface area contributed by atoms with E-state index in [-0.39, 0.29) is 0 Å². The molecular weight excluding hydrogens is 242 g/mol. The maximum atomic E-state index is 6.01. The number of halogens is 1. The van der Waals surface area contributed by atoms with Crippen molar-refractivity contribution < 1.29 is 4.74 Å². The normalized spacial score (nSPS) is 10.5. The molecule has 2 aromatic rings. The van der Waals surface area contributed by atoms with E-state index >= 15 is 0 Å². The van der Waals surface area contributed by atoms with Gasteiger partial charge in [-0.3, -0.25) is 0 Å². The van der Waals surface area contributed by atoms with E-state index in [0.29, 0.717) is 0 Å². The Labute approximate surface area is 104 Å². The Morgan fingerprint density at radius 1 is 1.31 bits per heavy atom. The summed E-state index contributed by atoms with van der Waals surface area (Å²) in [6, 6.07) is 6.02. The van der Waals surface area contributed by atoms with Crippen molar-refractivity contribution in [2.24, 2.45) is 0 Å². The Morgan fingerprint density at radius 3 is 2.56 bits per heavy atom. The number of nitrogens with zero attached hydrogens (tertiary/aromatic N) is 1. The zero-order chi connectivity index (χ0) is 11.7. The Bertz CT molecular complexity index is 502. The van der Waals surface area contributed by atoms with Gasteiger partial charge in [-0.15, -0.1) is 11.3 Å². The molecule has 0 spiro atoms. The molecule has 1 heterocycles. The van der Waals surface area contributed by atoms with Crippen LogP contribution in [0.3, 0.4) is 0 Å². The van der Waals surface area contributed by atoms with Crippen molar-refractivity contribution in [2.45, 2.75) is 13.8 Å². The highest BCUT2D eigenvalue weighted by Crippen LogP contribution is 2.33. The molecule has 0 unspecified atom stereocenters. The molecule has 0 aliphatic carbocycles. The van der Waals surface area contributed by atoms with Gasteiger partial charge in [-0.2, -0.15) is 0 Å². The molecule has 2 nitrogen and oxygen atoms in total. The molecule has 0 saturated heterocycles. The summed E-state index contributed by atoms with van der Waals surface area (Å²) in [5, 5.41) is 0.952. The summed E-state index contributed by atoms with van der Waals surface area (Å²) in [4.78, 5) is 4.42. The standard InChI is InChI=1S/C12H12ClNOS/c1-7-6-9(4-5-10(7)15-3)12-14-8(2)11(13)16-12/h4-6H,1-3H3. The molecule has 84 valence electrons. The van der Waals surface area contributed by atoms with Crippen molar-refractivity contribution in [3.8, 4) is 16.3 Å². The van der Waals surface area contributed by atoms with E-state index in [1.54, 1.807) is 7.11 Å². The van der Waals surface area contributed by atoms with E-state index in [9.17, 15) is 0 Å². The van der Waals surface area contributed by atoms with Gasteiger partial charge in [-0.05, 0) is 37.6 Å². The van der Waals surface area contributed by atoms with Gasteiger partial charge in [-0.25, -0.2) is 4.98 Å². The molecule has 0 atom stereocenters. The summed E-state index contributed by atoms with van der Waals surface area (Å²) in [5.74, 6) is 0.892. The van der Waals surface area contributed by atoms with Gasteiger partial charge >= 0.3 is 0 Å². The van der Waals surface area contributed by atoms with Crippen molar-refractivity contribution in [1.82, 2.24) is 4.98 Å². The molecule has 2 rings (SSSR count). The average Bonchev–Trinajstić information content (AvgIpc) is 2.59. The van der Waals surface area contributed by atoms with Crippen molar-refractivity contribution in [3.63, 3.8) is 0 Å². The lowest BCUT2D eigenvalue weighted by atomic mass is 10.1. The summed E-state index contributed by atoms with van der Waals surface area (Å²) in [5.41, 5.74) is 3.07. The molecule has 0 fully saturated rings. The first kappa shape index (κ1) is 11.4. The third-order valence-corrected chi connectivity index (χ3v) is 3.88. The van der Waals surface area contributed by atoms with Gasteiger partial charge in [0.2, 0.25) is 0 Å². The smallest absolute Gasteiger partial charge is 0.125 e. The Hall–Kier alpha value is -1.06. The SMILES string of the molecule is COc1ccc(-c2nc(C)c(Cl)s2)cc1C. The lowest BCUT2D eigenvalue weighted by Gasteiger charge is -2.05. The largest absolute Gasteiger partial charge is 0.496 e. The van der Waals surface area contributed by atoms with Gasteiger partial charge in [0.15, 0.2) is 0 Å². The second kappa shape index (κ2) is 4.44. The Kier molecular flexibility index (Phi) is 3.17. The van der Waals surface area contributed by atoms with E-state index < -0.39 is 0 Å². The fraction of sp³-hybridized carbons (Fsp3) is 0.250. The van der Waals surface area contributed by atoms with E-state index in [0.717, 1.165) is 31.9 Å². The molecule has 1 aromatic carbocycles. The van der Waals surface area contributed by atoms with E-state index in [1.807, 2.05) is 26.0 Å². The van der Waals surface area contributed by atoms with Crippen molar-refractivity contribution in [1.29, 1.82) is 0 Å². The number of hydrogen-bond donors (Lipinski definition) is 0. The minimum atomic E-state index is 0.753. The monoisotopic (exact) mass is 253 g/mol. The number of aryl methyl sites for hydroxylation is 2. The molecule has 0 N–H and O–H groups in total. The first-order valence-corrected chi connectivity index (χ1v) is 6.09. The third kappa shape index (κ3) is 2.06. The number of aromatic nitrogens is 1. The third-order valence-electron chi connectivity index (χ3n) is 2.38. The summed E-state index contributed by atoms with van der Waals surface area (Å²) in [7, 11) is 1.67. The molecule has 0 saturated carbocycles. The summed E-state index contributed by atoms with van der Waals surface area (Å²) in [6.45, 7) is 3.93. The van der Waals surface area contributed by atoms with E-state index in [1.165, 1.54) is 11.3 Å². The number of ether oxygens (including phenoxy) is 1. The molecular formula is C12H12ClNOS. The van der Waals surface area contributed by atoms with Crippen LogP contribution in [0.4, 0.5) is 0 Å². The zero-order valence-electron chi connectivity index (χ0n) is 9.37. The predicted molar refractivity (Wildman–Crippen MR) is 68.6 cm³/mol. The highest BCUT2D eigenvalue weighted by molar-refractivity contribution is 7.19. The van der Waals surface area contributed by atoms with E-state index in [2.05, 4.69) is 11.1 Å². The zero-order valence-corrected chi connectivity index (χ0v) is 10.9. The van der Waals surface area contributed by atoms with Crippen LogP contribution in [-0.2, 0) is 0 Å². The highest BCUT2D eigenvalue weighted by Gasteiger charge is 2.08. The number of rotatable bonds is 2. The van der Waals surface area contributed by atoms with Gasteiger partial charge in [0.1, 0.15) is 15.1 Å². The van der Waals surface area contributed by atoms with Crippen molar-refractivity contribution in [2.75, 3.05) is 7.11 Å². The molecule has 0 amide bonds. The first-order chi connectivity index (χ1) is 7.61. The predicted octanol–water partition coefficient (Wildman–Crippen LogP) is 4.09. The van der Waals surface area contributed by atoms with E-state index in [4.69, 9.17) is 16.3 Å². The molecule has 0 aliphatic rings. The van der Waals surface area contributed by atoms with Gasteiger partial charge in [-0.1, -0.05) is 11.6 Å². The van der Waals surface area contributed by atoms with Crippen LogP contribution in [0.25, 0.3) is 10.6 Å². The van der Waals surface area contributed by atoms with Gasteiger partial charge < -0.3 is 4.74 Å². The molecule has 1 aromatic heterocycles. The number of benzene rings is 1. The summed E-state index contributed by atoms with van der Waals surface area (Å²) in [6.07, 6.45) is 0. The second-order valence-corrected chi connectivity index (χ2v) is 5.16. The van der Waals surface area contributed by atoms with Gasteiger partial charge in [0.25, 0.3) is 0 Å².